The average molecular weight is 690 g/mol. The van der Waals surface area contributed by atoms with Crippen LogP contribution in [0.5, 0.6) is 0 Å². The van der Waals surface area contributed by atoms with Crippen LogP contribution >= 0.6 is 7.82 Å². The lowest BCUT2D eigenvalue weighted by Crippen LogP contribution is -2.32. The van der Waals surface area contributed by atoms with Gasteiger partial charge in [-0.25, -0.2) is 18.9 Å². The van der Waals surface area contributed by atoms with E-state index in [9.17, 15) is 27.3 Å². The number of phosphoric acid groups is 1. The van der Waals surface area contributed by atoms with Gasteiger partial charge in [0.05, 0.1) is 34.2 Å². The number of halogens is 3. The van der Waals surface area contributed by atoms with E-state index in [1.54, 1.807) is 72.1 Å². The molecule has 0 bridgehead atoms. The van der Waals surface area contributed by atoms with E-state index >= 15 is 0 Å². The molecule has 0 radical (unpaired) electrons. The number of H-pyrrole nitrogens is 1. The molecule has 1 unspecified atom stereocenters. The quantitative estimate of drug-likeness (QED) is 0.180. The zero-order chi connectivity index (χ0) is 34.8. The molecule has 1 aliphatic carbocycles. The van der Waals surface area contributed by atoms with Crippen LogP contribution in [0.2, 0.25) is 0 Å². The second-order valence-electron chi connectivity index (χ2n) is 13.7. The van der Waals surface area contributed by atoms with Crippen molar-refractivity contribution >= 4 is 24.4 Å². The second kappa shape index (κ2) is 11.8. The Morgan fingerprint density at radius 1 is 1.02 bits per heavy atom. The molecule has 4 aromatic heterocycles. The van der Waals surface area contributed by atoms with Crippen molar-refractivity contribution in [3.05, 3.63) is 81.0 Å². The van der Waals surface area contributed by atoms with Crippen molar-refractivity contribution in [2.45, 2.75) is 90.5 Å². The maximum Gasteiger partial charge on any atom is 0.477 e. The Morgan fingerprint density at radius 3 is 2.40 bits per heavy atom. The first-order chi connectivity index (χ1) is 22.3. The summed E-state index contributed by atoms with van der Waals surface area (Å²) in [6.07, 6.45) is 2.13. The van der Waals surface area contributed by atoms with Crippen molar-refractivity contribution in [1.82, 2.24) is 33.9 Å². The molecule has 1 aromatic carbocycles. The van der Waals surface area contributed by atoms with Crippen LogP contribution in [-0.4, -0.2) is 51.3 Å². The zero-order valence-electron chi connectivity index (χ0n) is 27.1. The van der Waals surface area contributed by atoms with E-state index in [0.717, 1.165) is 20.4 Å². The molecule has 2 atom stereocenters. The normalized spacial score (nSPS) is 17.4. The van der Waals surface area contributed by atoms with Gasteiger partial charge in [0.2, 0.25) is 0 Å². The van der Waals surface area contributed by atoms with Crippen molar-refractivity contribution in [3.63, 3.8) is 0 Å². The number of imidazole rings is 1. The van der Waals surface area contributed by atoms with Gasteiger partial charge in [-0.1, -0.05) is 12.1 Å². The fourth-order valence-corrected chi connectivity index (χ4v) is 7.28. The topological polar surface area (TPSA) is 148 Å². The van der Waals surface area contributed by atoms with Crippen LogP contribution in [0.15, 0.2) is 58.6 Å². The summed E-state index contributed by atoms with van der Waals surface area (Å²) in [4.78, 5) is 32.6. The molecule has 13 nitrogen and oxygen atoms in total. The highest BCUT2D eigenvalue weighted by atomic mass is 31.2. The highest BCUT2D eigenvalue weighted by molar-refractivity contribution is 7.48. The standard InChI is InChI=1S/C31H35F3N7O6P/c1-29(2,3)46-48(44,47-30(4,5)6)45-17-39-15-23(27(42)37-28(39)43)24-13-22(26-35-9-10-40(26)38-24)21-12-20(21)18-7-8-19-14-36-41(25(19)11-18)16-31(32,33)34/h7-11,13-15,20-21H,12,16-17H2,1-6H3,(H,37,42,43)/t20-,21?/m0/s1. The van der Waals surface area contributed by atoms with Crippen LogP contribution in [0.1, 0.15) is 70.9 Å². The largest absolute Gasteiger partial charge is 0.477 e. The van der Waals surface area contributed by atoms with E-state index < -0.39 is 49.7 Å². The van der Waals surface area contributed by atoms with Crippen LogP contribution in [-0.2, 0) is 31.4 Å². The lowest BCUT2D eigenvalue weighted by atomic mass is 10.0. The van der Waals surface area contributed by atoms with Gasteiger partial charge in [0.15, 0.2) is 5.65 Å². The lowest BCUT2D eigenvalue weighted by Gasteiger charge is -2.30. The third-order valence-corrected chi connectivity index (χ3v) is 9.39. The number of nitrogens with one attached hydrogen (secondary N) is 1. The number of fused-ring (bicyclic) bond motifs is 2. The molecular formula is C31H35F3N7O6P. The Labute approximate surface area is 272 Å². The minimum absolute atomic E-state index is 0.0280. The summed E-state index contributed by atoms with van der Waals surface area (Å²) in [6, 6.07) is 7.08. The average Bonchev–Trinajstić information content (AvgIpc) is 3.42. The van der Waals surface area contributed by atoms with E-state index in [0.29, 0.717) is 23.0 Å². The summed E-state index contributed by atoms with van der Waals surface area (Å²) in [5, 5.41) is 9.07. The number of hydrogen-bond donors (Lipinski definition) is 1. The molecule has 1 fully saturated rings. The van der Waals surface area contributed by atoms with Crippen molar-refractivity contribution in [2.24, 2.45) is 0 Å². The molecule has 4 heterocycles. The summed E-state index contributed by atoms with van der Waals surface area (Å²) in [5.41, 5.74) is -0.490. The number of phosphoric ester groups is 1. The van der Waals surface area contributed by atoms with E-state index in [4.69, 9.17) is 13.6 Å². The van der Waals surface area contributed by atoms with Crippen LogP contribution in [0, 0.1) is 0 Å². The zero-order valence-corrected chi connectivity index (χ0v) is 28.0. The Bertz CT molecular complexity index is 2150. The molecule has 6 rings (SSSR count). The third-order valence-electron chi connectivity index (χ3n) is 7.42. The van der Waals surface area contributed by atoms with Crippen LogP contribution < -0.4 is 11.2 Å². The number of benzene rings is 1. The predicted molar refractivity (Wildman–Crippen MR) is 170 cm³/mol. The fraction of sp³-hybridized carbons (Fsp3) is 0.452. The molecular weight excluding hydrogens is 654 g/mol. The van der Waals surface area contributed by atoms with Gasteiger partial charge in [-0.15, -0.1) is 0 Å². The van der Waals surface area contributed by atoms with Gasteiger partial charge < -0.3 is 0 Å². The number of hydrogen-bond acceptors (Lipinski definition) is 9. The molecule has 1 saturated carbocycles. The fourth-order valence-electron chi connectivity index (χ4n) is 5.53. The maximum atomic E-state index is 13.5. The first kappa shape index (κ1) is 33.8. The minimum Gasteiger partial charge on any atom is -0.281 e. The number of aromatic amines is 1. The van der Waals surface area contributed by atoms with E-state index in [1.165, 1.54) is 16.9 Å². The van der Waals surface area contributed by atoms with Crippen LogP contribution in [0.3, 0.4) is 0 Å². The van der Waals surface area contributed by atoms with E-state index in [-0.39, 0.29) is 23.1 Å². The Balaban J connectivity index is 1.32. The molecule has 1 N–H and O–H groups in total. The molecule has 5 aromatic rings. The summed E-state index contributed by atoms with van der Waals surface area (Å²) in [5.74, 6) is -0.101. The van der Waals surface area contributed by atoms with Gasteiger partial charge in [-0.05, 0) is 77.5 Å². The third kappa shape index (κ3) is 7.46. The van der Waals surface area contributed by atoms with Gasteiger partial charge in [-0.2, -0.15) is 23.4 Å². The molecule has 0 saturated heterocycles. The predicted octanol–water partition coefficient (Wildman–Crippen LogP) is 6.14. The minimum atomic E-state index is -4.41. The molecule has 256 valence electrons. The van der Waals surface area contributed by atoms with Gasteiger partial charge in [-0.3, -0.25) is 32.6 Å². The number of aromatic nitrogens is 7. The molecule has 0 aliphatic heterocycles. The van der Waals surface area contributed by atoms with Crippen molar-refractivity contribution < 1.29 is 31.3 Å². The summed E-state index contributed by atoms with van der Waals surface area (Å²) in [6.45, 7) is 8.33. The lowest BCUT2D eigenvalue weighted by molar-refractivity contribution is -0.141. The highest BCUT2D eigenvalue weighted by Gasteiger charge is 2.42. The number of nitrogens with zero attached hydrogens (tertiary/aromatic N) is 6. The SMILES string of the molecule is CC(C)(C)OP(=O)(OCn1cc(-c2cc(C3C[C@H]3c3ccc4cnn(CC(F)(F)F)c4c3)c3nccn3n2)c(=O)[nH]c1=O)OC(C)(C)C. The van der Waals surface area contributed by atoms with E-state index in [1.807, 2.05) is 6.07 Å². The van der Waals surface area contributed by atoms with Crippen LogP contribution in [0.4, 0.5) is 13.2 Å². The Hall–Kier alpha value is -4.11. The molecule has 0 amide bonds. The molecule has 17 heteroatoms. The molecule has 48 heavy (non-hydrogen) atoms. The number of rotatable bonds is 9. The maximum absolute atomic E-state index is 13.5. The van der Waals surface area contributed by atoms with Crippen molar-refractivity contribution in [2.75, 3.05) is 0 Å². The smallest absolute Gasteiger partial charge is 0.281 e. The first-order valence-corrected chi connectivity index (χ1v) is 16.6. The van der Waals surface area contributed by atoms with Gasteiger partial charge in [0.25, 0.3) is 5.56 Å². The summed E-state index contributed by atoms with van der Waals surface area (Å²) in [7, 11) is -4.19. The van der Waals surface area contributed by atoms with E-state index in [2.05, 4.69) is 20.2 Å². The Morgan fingerprint density at radius 2 is 1.73 bits per heavy atom. The summed E-state index contributed by atoms with van der Waals surface area (Å²) < 4.78 is 73.3. The van der Waals surface area contributed by atoms with Gasteiger partial charge >= 0.3 is 19.7 Å². The highest BCUT2D eigenvalue weighted by Crippen LogP contribution is 2.57. The Kier molecular flexibility index (Phi) is 8.30. The molecule has 1 aliphatic rings. The molecule has 0 spiro atoms. The second-order valence-corrected chi connectivity index (χ2v) is 15.3. The van der Waals surface area contributed by atoms with Crippen molar-refractivity contribution in [3.8, 4) is 11.3 Å². The number of alkyl halides is 3. The van der Waals surface area contributed by atoms with Crippen LogP contribution in [0.25, 0.3) is 27.8 Å². The first-order valence-electron chi connectivity index (χ1n) is 15.1. The monoisotopic (exact) mass is 689 g/mol. The van der Waals surface area contributed by atoms with Gasteiger partial charge in [0.1, 0.15) is 13.3 Å². The summed E-state index contributed by atoms with van der Waals surface area (Å²) >= 11 is 0. The van der Waals surface area contributed by atoms with Crippen molar-refractivity contribution in [1.29, 1.82) is 0 Å². The van der Waals surface area contributed by atoms with Gasteiger partial charge in [0, 0.05) is 29.5 Å².